The van der Waals surface area contributed by atoms with Crippen molar-refractivity contribution < 1.29 is 0 Å². The van der Waals surface area contributed by atoms with Crippen molar-refractivity contribution in [1.82, 2.24) is 4.98 Å². The van der Waals surface area contributed by atoms with E-state index in [1.807, 2.05) is 17.6 Å². The van der Waals surface area contributed by atoms with Crippen LogP contribution in [0.2, 0.25) is 5.02 Å². The van der Waals surface area contributed by atoms with Crippen LogP contribution in [0.15, 0.2) is 29.8 Å². The first kappa shape index (κ1) is 10.8. The Kier molecular flexibility index (Phi) is 2.39. The van der Waals surface area contributed by atoms with Crippen LogP contribution in [0.1, 0.15) is 12.8 Å². The number of allylic oxidation sites excluding steroid dienone is 1. The highest BCUT2D eigenvalue weighted by Gasteiger charge is 2.41. The average molecular weight is 277 g/mol. The molecule has 2 aromatic rings. The second-order valence-electron chi connectivity index (χ2n) is 5.11. The lowest BCUT2D eigenvalue weighted by Gasteiger charge is -2.41. The molecule has 3 atom stereocenters. The highest BCUT2D eigenvalue weighted by Crippen LogP contribution is 2.45. The van der Waals surface area contributed by atoms with Gasteiger partial charge in [0.1, 0.15) is 5.52 Å². The van der Waals surface area contributed by atoms with E-state index in [4.69, 9.17) is 11.6 Å². The zero-order valence-corrected chi connectivity index (χ0v) is 11.3. The van der Waals surface area contributed by atoms with Crippen molar-refractivity contribution in [3.63, 3.8) is 0 Å². The first-order valence-corrected chi connectivity index (χ1v) is 7.53. The van der Waals surface area contributed by atoms with Crippen LogP contribution in [0.4, 0.5) is 5.69 Å². The highest BCUT2D eigenvalue weighted by atomic mass is 35.5. The predicted octanol–water partition coefficient (Wildman–Crippen LogP) is 4.33. The number of thiazole rings is 1. The van der Waals surface area contributed by atoms with Crippen molar-refractivity contribution in [2.75, 3.05) is 5.32 Å². The maximum atomic E-state index is 6.31. The van der Waals surface area contributed by atoms with Gasteiger partial charge in [0.2, 0.25) is 0 Å². The molecular weight excluding hydrogens is 264 g/mol. The summed E-state index contributed by atoms with van der Waals surface area (Å²) in [7, 11) is 0. The Balaban J connectivity index is 1.68. The third-order valence-corrected chi connectivity index (χ3v) is 5.25. The molecule has 4 rings (SSSR count). The second kappa shape index (κ2) is 3.97. The first-order valence-electron chi connectivity index (χ1n) is 6.28. The van der Waals surface area contributed by atoms with Crippen molar-refractivity contribution in [1.29, 1.82) is 0 Å². The standard InChI is InChI=1S/C14H13ClN2S/c15-10-4-5-12-14(16-7-18-12)13(10)17-11-6-8-2-1-3-9(8)11/h1,3-5,7-9,11,17H,2,6H2. The maximum Gasteiger partial charge on any atom is 0.106 e. The van der Waals surface area contributed by atoms with Crippen molar-refractivity contribution >= 4 is 38.8 Å². The number of nitrogens with zero attached hydrogens (tertiary/aromatic N) is 1. The van der Waals surface area contributed by atoms with E-state index in [-0.39, 0.29) is 0 Å². The number of halogens is 1. The van der Waals surface area contributed by atoms with Gasteiger partial charge < -0.3 is 5.32 Å². The zero-order valence-electron chi connectivity index (χ0n) is 9.77. The summed E-state index contributed by atoms with van der Waals surface area (Å²) in [6.45, 7) is 0. The van der Waals surface area contributed by atoms with Crippen LogP contribution in [0.3, 0.4) is 0 Å². The van der Waals surface area contributed by atoms with E-state index >= 15 is 0 Å². The Hall–Kier alpha value is -1.06. The van der Waals surface area contributed by atoms with Gasteiger partial charge in [-0.1, -0.05) is 23.8 Å². The van der Waals surface area contributed by atoms with Gasteiger partial charge in [0.25, 0.3) is 0 Å². The molecule has 0 amide bonds. The number of anilines is 1. The van der Waals surface area contributed by atoms with E-state index in [1.54, 1.807) is 11.3 Å². The summed E-state index contributed by atoms with van der Waals surface area (Å²) < 4.78 is 1.19. The lowest BCUT2D eigenvalue weighted by molar-refractivity contribution is 0.218. The Labute approximate surface area is 115 Å². The molecule has 1 N–H and O–H groups in total. The van der Waals surface area contributed by atoms with Crippen molar-refractivity contribution in [2.24, 2.45) is 11.8 Å². The molecule has 2 aliphatic carbocycles. The third kappa shape index (κ3) is 1.50. The Morgan fingerprint density at radius 1 is 1.39 bits per heavy atom. The van der Waals surface area contributed by atoms with Crippen molar-refractivity contribution in [3.05, 3.63) is 34.8 Å². The Morgan fingerprint density at radius 3 is 3.22 bits per heavy atom. The van der Waals surface area contributed by atoms with Gasteiger partial charge in [-0.3, -0.25) is 0 Å². The smallest absolute Gasteiger partial charge is 0.106 e. The van der Waals surface area contributed by atoms with Crippen molar-refractivity contribution in [2.45, 2.75) is 18.9 Å². The fourth-order valence-electron chi connectivity index (χ4n) is 3.11. The van der Waals surface area contributed by atoms with E-state index in [9.17, 15) is 0 Å². The quantitative estimate of drug-likeness (QED) is 0.826. The van der Waals surface area contributed by atoms with Crippen LogP contribution < -0.4 is 5.32 Å². The van der Waals surface area contributed by atoms with Gasteiger partial charge in [-0.05, 0) is 30.9 Å². The van der Waals surface area contributed by atoms with Crippen LogP contribution in [0.5, 0.6) is 0 Å². The molecule has 2 aliphatic rings. The van der Waals surface area contributed by atoms with Gasteiger partial charge in [0.15, 0.2) is 0 Å². The summed E-state index contributed by atoms with van der Waals surface area (Å²) in [5.74, 6) is 1.55. The van der Waals surface area contributed by atoms with E-state index < -0.39 is 0 Å². The summed E-state index contributed by atoms with van der Waals surface area (Å²) in [5, 5.41) is 4.38. The minimum absolute atomic E-state index is 0.526. The summed E-state index contributed by atoms with van der Waals surface area (Å²) >= 11 is 7.97. The Bertz CT molecular complexity index is 634. The number of aromatic nitrogens is 1. The van der Waals surface area contributed by atoms with Gasteiger partial charge in [-0.15, -0.1) is 11.3 Å². The fourth-order valence-corrected chi connectivity index (χ4v) is 4.00. The summed E-state index contributed by atoms with van der Waals surface area (Å²) in [6.07, 6.45) is 7.15. The molecular formula is C14H13ClN2S. The first-order chi connectivity index (χ1) is 8.83. The summed E-state index contributed by atoms with van der Waals surface area (Å²) in [6, 6.07) is 4.53. The molecule has 0 spiro atoms. The number of nitrogens with one attached hydrogen (secondary N) is 1. The maximum absolute atomic E-state index is 6.31. The number of hydrogen-bond donors (Lipinski definition) is 1. The molecule has 1 aromatic heterocycles. The minimum atomic E-state index is 0.526. The van der Waals surface area contributed by atoms with Gasteiger partial charge in [-0.25, -0.2) is 4.98 Å². The molecule has 1 heterocycles. The minimum Gasteiger partial charge on any atom is -0.379 e. The van der Waals surface area contributed by atoms with Crippen LogP contribution in [-0.2, 0) is 0 Å². The van der Waals surface area contributed by atoms with E-state index in [0.29, 0.717) is 12.0 Å². The average Bonchev–Trinajstić information content (AvgIpc) is 2.94. The molecule has 0 aliphatic heterocycles. The fraction of sp³-hybridized carbons (Fsp3) is 0.357. The van der Waals surface area contributed by atoms with Crippen molar-refractivity contribution in [3.8, 4) is 0 Å². The number of benzene rings is 1. The Morgan fingerprint density at radius 2 is 2.33 bits per heavy atom. The number of rotatable bonds is 2. The van der Waals surface area contributed by atoms with Gasteiger partial charge in [-0.2, -0.15) is 0 Å². The number of fused-ring (bicyclic) bond motifs is 2. The van der Waals surface area contributed by atoms with Gasteiger partial charge in [0, 0.05) is 12.0 Å². The molecule has 2 nitrogen and oxygen atoms in total. The summed E-state index contributed by atoms with van der Waals surface area (Å²) in [4.78, 5) is 4.43. The summed E-state index contributed by atoms with van der Waals surface area (Å²) in [5.41, 5.74) is 3.91. The SMILES string of the molecule is Clc1ccc2scnc2c1NC1CC2CC=CC21. The largest absolute Gasteiger partial charge is 0.379 e. The van der Waals surface area contributed by atoms with Gasteiger partial charge in [0.05, 0.1) is 20.9 Å². The molecule has 1 aromatic carbocycles. The zero-order chi connectivity index (χ0) is 12.1. The second-order valence-corrected chi connectivity index (χ2v) is 6.40. The van der Waals surface area contributed by atoms with Gasteiger partial charge >= 0.3 is 0 Å². The lowest BCUT2D eigenvalue weighted by Crippen LogP contribution is -2.43. The molecule has 0 radical (unpaired) electrons. The van der Waals surface area contributed by atoms with Crippen LogP contribution in [0, 0.1) is 11.8 Å². The topological polar surface area (TPSA) is 24.9 Å². The number of hydrogen-bond acceptors (Lipinski definition) is 3. The molecule has 18 heavy (non-hydrogen) atoms. The molecule has 1 fully saturated rings. The molecule has 4 heteroatoms. The molecule has 1 saturated carbocycles. The monoisotopic (exact) mass is 276 g/mol. The van der Waals surface area contributed by atoms with Crippen LogP contribution >= 0.6 is 22.9 Å². The van der Waals surface area contributed by atoms with E-state index in [1.165, 1.54) is 17.5 Å². The molecule has 0 saturated heterocycles. The predicted molar refractivity (Wildman–Crippen MR) is 77.4 cm³/mol. The van der Waals surface area contributed by atoms with Crippen LogP contribution in [0.25, 0.3) is 10.2 Å². The normalized spacial score (nSPS) is 29.3. The highest BCUT2D eigenvalue weighted by molar-refractivity contribution is 7.16. The molecule has 0 bridgehead atoms. The van der Waals surface area contributed by atoms with E-state index in [0.717, 1.165) is 22.1 Å². The van der Waals surface area contributed by atoms with E-state index in [2.05, 4.69) is 22.5 Å². The lowest BCUT2D eigenvalue weighted by atomic mass is 9.71. The molecule has 92 valence electrons. The molecule has 3 unspecified atom stereocenters. The van der Waals surface area contributed by atoms with Crippen LogP contribution in [-0.4, -0.2) is 11.0 Å². The third-order valence-electron chi connectivity index (χ3n) is 4.14.